The summed E-state index contributed by atoms with van der Waals surface area (Å²) in [7, 11) is 0. The molecule has 0 unspecified atom stereocenters. The molecular formula is C14H26O. The standard InChI is InChI=1S/C14H26O/c1-12(2)8-7-9-13(3)10-11-15-14(4,5)6/h8,10H,7,9,11H2,1-6H3. The Morgan fingerprint density at radius 1 is 1.07 bits per heavy atom. The first-order valence-electron chi connectivity index (χ1n) is 5.74. The van der Waals surface area contributed by atoms with E-state index in [4.69, 9.17) is 4.74 Å². The summed E-state index contributed by atoms with van der Waals surface area (Å²) in [4.78, 5) is 0. The lowest BCUT2D eigenvalue weighted by molar-refractivity contribution is 0.0147. The van der Waals surface area contributed by atoms with Crippen molar-refractivity contribution < 1.29 is 4.74 Å². The number of rotatable bonds is 5. The smallest absolute Gasteiger partial charge is 0.0657 e. The number of ether oxygens (including phenoxy) is 1. The van der Waals surface area contributed by atoms with Gasteiger partial charge in [0.2, 0.25) is 0 Å². The molecule has 0 saturated heterocycles. The van der Waals surface area contributed by atoms with Crippen LogP contribution in [-0.4, -0.2) is 12.2 Å². The van der Waals surface area contributed by atoms with Gasteiger partial charge in [0.25, 0.3) is 0 Å². The van der Waals surface area contributed by atoms with E-state index in [9.17, 15) is 0 Å². The summed E-state index contributed by atoms with van der Waals surface area (Å²) in [5, 5.41) is 0. The van der Waals surface area contributed by atoms with Gasteiger partial charge in [-0.05, 0) is 54.4 Å². The van der Waals surface area contributed by atoms with Crippen LogP contribution in [0, 0.1) is 0 Å². The van der Waals surface area contributed by atoms with Gasteiger partial charge in [-0.25, -0.2) is 0 Å². The zero-order chi connectivity index (χ0) is 11.9. The molecule has 0 aromatic heterocycles. The molecule has 0 atom stereocenters. The number of allylic oxidation sites excluding steroid dienone is 3. The molecule has 0 rings (SSSR count). The maximum Gasteiger partial charge on any atom is 0.0657 e. The van der Waals surface area contributed by atoms with Gasteiger partial charge < -0.3 is 4.74 Å². The Labute approximate surface area is 95.2 Å². The van der Waals surface area contributed by atoms with Crippen LogP contribution in [0.25, 0.3) is 0 Å². The molecule has 0 aromatic rings. The van der Waals surface area contributed by atoms with Gasteiger partial charge >= 0.3 is 0 Å². The van der Waals surface area contributed by atoms with E-state index >= 15 is 0 Å². The molecule has 1 nitrogen and oxygen atoms in total. The molecule has 15 heavy (non-hydrogen) atoms. The van der Waals surface area contributed by atoms with Gasteiger partial charge in [-0.3, -0.25) is 0 Å². The van der Waals surface area contributed by atoms with Gasteiger partial charge in [-0.2, -0.15) is 0 Å². The summed E-state index contributed by atoms with van der Waals surface area (Å²) < 4.78 is 5.64. The highest BCUT2D eigenvalue weighted by Gasteiger charge is 2.07. The first-order chi connectivity index (χ1) is 6.81. The summed E-state index contributed by atoms with van der Waals surface area (Å²) in [6, 6.07) is 0. The molecule has 88 valence electrons. The van der Waals surface area contributed by atoms with E-state index in [-0.39, 0.29) is 5.60 Å². The fourth-order valence-electron chi connectivity index (χ4n) is 1.12. The second kappa shape index (κ2) is 6.84. The Bertz CT molecular complexity index is 224. The summed E-state index contributed by atoms with van der Waals surface area (Å²) in [6.07, 6.45) is 6.74. The molecule has 0 radical (unpaired) electrons. The van der Waals surface area contributed by atoms with Gasteiger partial charge in [0.15, 0.2) is 0 Å². The highest BCUT2D eigenvalue weighted by molar-refractivity contribution is 5.02. The Hall–Kier alpha value is -0.560. The van der Waals surface area contributed by atoms with Crippen molar-refractivity contribution in [2.24, 2.45) is 0 Å². The summed E-state index contributed by atoms with van der Waals surface area (Å²) in [6.45, 7) is 13.4. The van der Waals surface area contributed by atoms with Crippen LogP contribution >= 0.6 is 0 Å². The molecule has 0 aliphatic heterocycles. The van der Waals surface area contributed by atoms with Crippen LogP contribution in [0.3, 0.4) is 0 Å². The minimum absolute atomic E-state index is 0.0311. The van der Waals surface area contributed by atoms with E-state index in [1.165, 1.54) is 11.1 Å². The second-order valence-electron chi connectivity index (χ2n) is 5.29. The van der Waals surface area contributed by atoms with Crippen molar-refractivity contribution in [2.45, 2.75) is 60.0 Å². The lowest BCUT2D eigenvalue weighted by Gasteiger charge is -2.18. The Balaban J connectivity index is 3.75. The average molecular weight is 210 g/mol. The highest BCUT2D eigenvalue weighted by Crippen LogP contribution is 2.09. The fourth-order valence-corrected chi connectivity index (χ4v) is 1.12. The third-order valence-corrected chi connectivity index (χ3v) is 2.04. The third-order valence-electron chi connectivity index (χ3n) is 2.04. The first kappa shape index (κ1) is 14.4. The predicted molar refractivity (Wildman–Crippen MR) is 68.1 cm³/mol. The topological polar surface area (TPSA) is 9.23 Å². The molecule has 0 bridgehead atoms. The van der Waals surface area contributed by atoms with Crippen LogP contribution in [0.5, 0.6) is 0 Å². The van der Waals surface area contributed by atoms with Gasteiger partial charge in [0.05, 0.1) is 12.2 Å². The van der Waals surface area contributed by atoms with Crippen molar-refractivity contribution in [2.75, 3.05) is 6.61 Å². The molecule has 0 amide bonds. The zero-order valence-corrected chi connectivity index (χ0v) is 11.2. The molecule has 1 heteroatoms. The minimum atomic E-state index is -0.0311. The lowest BCUT2D eigenvalue weighted by atomic mass is 10.1. The van der Waals surface area contributed by atoms with E-state index in [2.05, 4.69) is 53.7 Å². The fraction of sp³-hybridized carbons (Fsp3) is 0.714. The molecule has 0 fully saturated rings. The van der Waals surface area contributed by atoms with Crippen molar-refractivity contribution >= 4 is 0 Å². The summed E-state index contributed by atoms with van der Waals surface area (Å²) >= 11 is 0. The van der Waals surface area contributed by atoms with Crippen molar-refractivity contribution in [3.8, 4) is 0 Å². The van der Waals surface area contributed by atoms with E-state index in [1.54, 1.807) is 0 Å². The molecule has 0 spiro atoms. The van der Waals surface area contributed by atoms with Crippen molar-refractivity contribution in [1.82, 2.24) is 0 Å². The summed E-state index contributed by atoms with van der Waals surface area (Å²) in [5.41, 5.74) is 2.78. The molecule has 0 aliphatic carbocycles. The van der Waals surface area contributed by atoms with E-state index in [0.29, 0.717) is 0 Å². The SMILES string of the molecule is CC(C)=CCCC(C)=CCOC(C)(C)C. The van der Waals surface area contributed by atoms with Crippen LogP contribution in [0.1, 0.15) is 54.4 Å². The van der Waals surface area contributed by atoms with E-state index in [0.717, 1.165) is 19.4 Å². The van der Waals surface area contributed by atoms with Crippen LogP contribution in [-0.2, 0) is 4.74 Å². The lowest BCUT2D eigenvalue weighted by Crippen LogP contribution is -2.19. The van der Waals surface area contributed by atoms with Gasteiger partial charge in [0, 0.05) is 0 Å². The van der Waals surface area contributed by atoms with Crippen LogP contribution < -0.4 is 0 Å². The number of hydrogen-bond donors (Lipinski definition) is 0. The molecule has 0 N–H and O–H groups in total. The highest BCUT2D eigenvalue weighted by atomic mass is 16.5. The average Bonchev–Trinajstić information content (AvgIpc) is 2.00. The normalized spacial score (nSPS) is 12.8. The number of hydrogen-bond acceptors (Lipinski definition) is 1. The Morgan fingerprint density at radius 3 is 2.13 bits per heavy atom. The van der Waals surface area contributed by atoms with Crippen LogP contribution in [0.15, 0.2) is 23.3 Å². The van der Waals surface area contributed by atoms with Crippen LogP contribution in [0.4, 0.5) is 0 Å². The minimum Gasteiger partial charge on any atom is -0.372 e. The second-order valence-corrected chi connectivity index (χ2v) is 5.29. The van der Waals surface area contributed by atoms with Crippen molar-refractivity contribution in [1.29, 1.82) is 0 Å². The molecular weight excluding hydrogens is 184 g/mol. The Kier molecular flexibility index (Phi) is 6.58. The van der Waals surface area contributed by atoms with Crippen molar-refractivity contribution in [3.05, 3.63) is 23.3 Å². The maximum atomic E-state index is 5.64. The largest absolute Gasteiger partial charge is 0.372 e. The molecule has 0 aliphatic rings. The van der Waals surface area contributed by atoms with Gasteiger partial charge in [0.1, 0.15) is 0 Å². The monoisotopic (exact) mass is 210 g/mol. The summed E-state index contributed by atoms with van der Waals surface area (Å²) in [5.74, 6) is 0. The van der Waals surface area contributed by atoms with E-state index in [1.807, 2.05) is 0 Å². The molecule has 0 heterocycles. The van der Waals surface area contributed by atoms with Gasteiger partial charge in [-0.1, -0.05) is 23.3 Å². The zero-order valence-electron chi connectivity index (χ0n) is 11.2. The quantitative estimate of drug-likeness (QED) is 0.607. The molecule has 0 aromatic carbocycles. The maximum absolute atomic E-state index is 5.64. The van der Waals surface area contributed by atoms with Gasteiger partial charge in [-0.15, -0.1) is 0 Å². The van der Waals surface area contributed by atoms with Crippen molar-refractivity contribution in [3.63, 3.8) is 0 Å². The third kappa shape index (κ3) is 11.4. The predicted octanol–water partition coefficient (Wildman–Crippen LogP) is 4.49. The first-order valence-corrected chi connectivity index (χ1v) is 5.74. The van der Waals surface area contributed by atoms with E-state index < -0.39 is 0 Å². The molecule has 0 saturated carbocycles. The Morgan fingerprint density at radius 2 is 1.67 bits per heavy atom. The van der Waals surface area contributed by atoms with Crippen LogP contribution in [0.2, 0.25) is 0 Å².